The van der Waals surface area contributed by atoms with Crippen molar-refractivity contribution in [3.05, 3.63) is 113 Å². The van der Waals surface area contributed by atoms with E-state index in [2.05, 4.69) is 10.6 Å². The number of carbonyl (C=O) groups is 2. The number of methoxy groups -OCH3 is 1. The van der Waals surface area contributed by atoms with Gasteiger partial charge < -0.3 is 29.9 Å². The van der Waals surface area contributed by atoms with Crippen LogP contribution in [0.2, 0.25) is 0 Å². The van der Waals surface area contributed by atoms with Crippen molar-refractivity contribution in [1.82, 2.24) is 0 Å². The second-order valence-corrected chi connectivity index (χ2v) is 12.4. The zero-order valence-electron chi connectivity index (χ0n) is 29.2. The number of alkyl halides is 6. The van der Waals surface area contributed by atoms with E-state index < -0.39 is 35.3 Å². The van der Waals surface area contributed by atoms with Crippen LogP contribution in [-0.2, 0) is 23.5 Å². The Morgan fingerprint density at radius 3 is 1.66 bits per heavy atom. The summed E-state index contributed by atoms with van der Waals surface area (Å²) in [7, 11) is 1.49. The molecule has 0 atom stereocenters. The standard InChI is InChI=1S/C20H21F3N2O.C19H19F3N2O3/c1-2-14-6-5-7-16(12-14)24-19(26)15-8-9-18(25-10-3-4-11-25)17(13-15)20(21,22)23;1-26-15-4-2-3-14(12-15)23-18(25)13-5-6-17(16(11-13)19(20,21)22)24-7-9-27-10-8-24/h5-9,12-13H,2-4,10-11H2,1H3,(H,24,26);2-6,11-12H,7-10H2,1H3,(H,23,25). The van der Waals surface area contributed by atoms with E-state index in [1.54, 1.807) is 40.1 Å². The number of hydrogen-bond donors (Lipinski definition) is 2. The Kier molecular flexibility index (Phi) is 12.5. The van der Waals surface area contributed by atoms with Crippen molar-refractivity contribution in [2.24, 2.45) is 0 Å². The molecule has 4 aromatic carbocycles. The average Bonchev–Trinajstić information content (AvgIpc) is 3.70. The molecule has 282 valence electrons. The molecule has 6 rings (SSSR count). The molecular weight excluding hydrogens is 702 g/mol. The van der Waals surface area contributed by atoms with Gasteiger partial charge in [-0.25, -0.2) is 0 Å². The summed E-state index contributed by atoms with van der Waals surface area (Å²) in [5, 5.41) is 5.27. The monoisotopic (exact) mass is 742 g/mol. The normalized spacial score (nSPS) is 14.6. The van der Waals surface area contributed by atoms with Crippen molar-refractivity contribution in [2.45, 2.75) is 38.5 Å². The summed E-state index contributed by atoms with van der Waals surface area (Å²) in [6, 6.07) is 21.3. The molecule has 0 saturated carbocycles. The zero-order valence-corrected chi connectivity index (χ0v) is 29.2. The van der Waals surface area contributed by atoms with Crippen molar-refractivity contribution >= 4 is 34.6 Å². The SMILES string of the molecule is CCc1cccc(NC(=O)c2ccc(N3CCCC3)c(C(F)(F)F)c2)c1.COc1cccc(NC(=O)c2ccc(N3CCOCC3)c(C(F)(F)F)c2)c1. The highest BCUT2D eigenvalue weighted by molar-refractivity contribution is 6.05. The van der Waals surface area contributed by atoms with Gasteiger partial charge in [0.25, 0.3) is 11.8 Å². The van der Waals surface area contributed by atoms with Crippen LogP contribution in [0.4, 0.5) is 49.1 Å². The summed E-state index contributed by atoms with van der Waals surface area (Å²) in [6.45, 7) is 4.70. The Bertz CT molecular complexity index is 1890. The number of aryl methyl sites for hydroxylation is 1. The molecule has 0 radical (unpaired) electrons. The van der Waals surface area contributed by atoms with E-state index in [0.29, 0.717) is 56.5 Å². The molecule has 2 N–H and O–H groups in total. The molecule has 8 nitrogen and oxygen atoms in total. The Morgan fingerprint density at radius 1 is 0.679 bits per heavy atom. The second-order valence-electron chi connectivity index (χ2n) is 12.4. The first-order valence-electron chi connectivity index (χ1n) is 17.1. The molecule has 0 aromatic heterocycles. The molecule has 2 amide bonds. The van der Waals surface area contributed by atoms with Crippen molar-refractivity contribution in [3.63, 3.8) is 0 Å². The van der Waals surface area contributed by atoms with Gasteiger partial charge in [-0.3, -0.25) is 9.59 Å². The third kappa shape index (κ3) is 10.2. The molecule has 2 aliphatic heterocycles. The highest BCUT2D eigenvalue weighted by atomic mass is 19.4. The van der Waals surface area contributed by atoms with Crippen molar-refractivity contribution in [3.8, 4) is 5.75 Å². The highest BCUT2D eigenvalue weighted by Gasteiger charge is 2.37. The summed E-state index contributed by atoms with van der Waals surface area (Å²) >= 11 is 0. The number of hydrogen-bond acceptors (Lipinski definition) is 6. The third-order valence-electron chi connectivity index (χ3n) is 8.85. The van der Waals surface area contributed by atoms with Crippen LogP contribution in [0.15, 0.2) is 84.9 Å². The summed E-state index contributed by atoms with van der Waals surface area (Å²) in [4.78, 5) is 28.2. The summed E-state index contributed by atoms with van der Waals surface area (Å²) in [6.07, 6.45) is -6.50. The fraction of sp³-hybridized carbons (Fsp3) is 0.333. The molecule has 0 spiro atoms. The van der Waals surface area contributed by atoms with Gasteiger partial charge in [0.1, 0.15) is 5.75 Å². The lowest BCUT2D eigenvalue weighted by atomic mass is 10.1. The molecule has 2 saturated heterocycles. The maximum absolute atomic E-state index is 13.6. The molecule has 14 heteroatoms. The minimum atomic E-state index is -4.57. The first-order valence-corrected chi connectivity index (χ1v) is 17.1. The second kappa shape index (κ2) is 17.1. The number of rotatable bonds is 8. The predicted octanol–water partition coefficient (Wildman–Crippen LogP) is 8.92. The fourth-order valence-corrected chi connectivity index (χ4v) is 6.10. The van der Waals surface area contributed by atoms with Crippen LogP contribution < -0.4 is 25.2 Å². The van der Waals surface area contributed by atoms with E-state index in [1.165, 1.54) is 31.4 Å². The van der Waals surface area contributed by atoms with E-state index in [0.717, 1.165) is 37.0 Å². The van der Waals surface area contributed by atoms with E-state index in [-0.39, 0.29) is 22.5 Å². The Hall–Kier alpha value is -5.24. The predicted molar refractivity (Wildman–Crippen MR) is 192 cm³/mol. The largest absolute Gasteiger partial charge is 0.497 e. The minimum absolute atomic E-state index is 0.00201. The third-order valence-corrected chi connectivity index (χ3v) is 8.85. The molecule has 2 aliphatic rings. The number of nitrogens with zero attached hydrogens (tertiary/aromatic N) is 2. The number of halogens is 6. The minimum Gasteiger partial charge on any atom is -0.497 e. The van der Waals surface area contributed by atoms with Gasteiger partial charge >= 0.3 is 12.4 Å². The van der Waals surface area contributed by atoms with Crippen LogP contribution in [-0.4, -0.2) is 58.3 Å². The van der Waals surface area contributed by atoms with Crippen LogP contribution in [0.5, 0.6) is 5.75 Å². The number of anilines is 4. The fourth-order valence-electron chi connectivity index (χ4n) is 6.10. The summed E-state index contributed by atoms with van der Waals surface area (Å²) in [5.41, 5.74) is 0.615. The number of amides is 2. The zero-order chi connectivity index (χ0) is 38.2. The lowest BCUT2D eigenvalue weighted by molar-refractivity contribution is -0.138. The average molecular weight is 743 g/mol. The first-order chi connectivity index (χ1) is 25.3. The van der Waals surface area contributed by atoms with Crippen LogP contribution in [0.25, 0.3) is 0 Å². The highest BCUT2D eigenvalue weighted by Crippen LogP contribution is 2.39. The van der Waals surface area contributed by atoms with Gasteiger partial charge in [0.15, 0.2) is 0 Å². The molecule has 53 heavy (non-hydrogen) atoms. The maximum atomic E-state index is 13.6. The van der Waals surface area contributed by atoms with E-state index in [1.807, 2.05) is 25.1 Å². The van der Waals surface area contributed by atoms with Gasteiger partial charge in [-0.1, -0.05) is 25.1 Å². The molecule has 0 bridgehead atoms. The molecule has 2 heterocycles. The topological polar surface area (TPSA) is 83.1 Å². The van der Waals surface area contributed by atoms with Crippen LogP contribution in [0.3, 0.4) is 0 Å². The first kappa shape index (κ1) is 39.0. The van der Waals surface area contributed by atoms with Crippen LogP contribution >= 0.6 is 0 Å². The van der Waals surface area contributed by atoms with Crippen LogP contribution in [0.1, 0.15) is 57.2 Å². The van der Waals surface area contributed by atoms with Gasteiger partial charge in [0.05, 0.1) is 31.5 Å². The van der Waals surface area contributed by atoms with E-state index in [4.69, 9.17) is 9.47 Å². The molecule has 4 aromatic rings. The van der Waals surface area contributed by atoms with Gasteiger partial charge in [0, 0.05) is 66.1 Å². The van der Waals surface area contributed by atoms with Crippen LogP contribution in [0, 0.1) is 0 Å². The quantitative estimate of drug-likeness (QED) is 0.176. The number of benzene rings is 4. The number of ether oxygens (including phenoxy) is 2. The van der Waals surface area contributed by atoms with Gasteiger partial charge in [-0.2, -0.15) is 26.3 Å². The van der Waals surface area contributed by atoms with Crippen molar-refractivity contribution in [1.29, 1.82) is 0 Å². The van der Waals surface area contributed by atoms with Crippen molar-refractivity contribution < 1.29 is 45.4 Å². The smallest absolute Gasteiger partial charge is 0.418 e. The number of morpholine rings is 1. The van der Waals surface area contributed by atoms with Gasteiger partial charge in [0.2, 0.25) is 0 Å². The molecular formula is C39H40F6N4O4. The van der Waals surface area contributed by atoms with Crippen molar-refractivity contribution in [2.75, 3.05) is 66.9 Å². The van der Waals surface area contributed by atoms with E-state index >= 15 is 0 Å². The summed E-state index contributed by atoms with van der Waals surface area (Å²) < 4.78 is 91.5. The Labute approximate surface area is 303 Å². The van der Waals surface area contributed by atoms with Gasteiger partial charge in [-0.05, 0) is 85.5 Å². The Morgan fingerprint density at radius 2 is 1.17 bits per heavy atom. The number of nitrogens with one attached hydrogen (secondary N) is 2. The maximum Gasteiger partial charge on any atom is 0.418 e. The molecule has 0 aliphatic carbocycles. The Balaban J connectivity index is 0.000000204. The lowest BCUT2D eigenvalue weighted by Gasteiger charge is -2.31. The molecule has 2 fully saturated rings. The molecule has 0 unspecified atom stereocenters. The van der Waals surface area contributed by atoms with E-state index in [9.17, 15) is 35.9 Å². The number of carbonyl (C=O) groups excluding carboxylic acids is 2. The summed E-state index contributed by atoms with van der Waals surface area (Å²) in [5.74, 6) is -0.634. The van der Waals surface area contributed by atoms with Gasteiger partial charge in [-0.15, -0.1) is 0 Å². The lowest BCUT2D eigenvalue weighted by Crippen LogP contribution is -2.37.